The van der Waals surface area contributed by atoms with Gasteiger partial charge in [-0.1, -0.05) is 25.5 Å². The van der Waals surface area contributed by atoms with E-state index in [0.29, 0.717) is 24.1 Å². The second kappa shape index (κ2) is 6.17. The first-order valence-electron chi connectivity index (χ1n) is 8.33. The van der Waals surface area contributed by atoms with Gasteiger partial charge in [0.1, 0.15) is 0 Å². The third-order valence-corrected chi connectivity index (χ3v) is 5.65. The van der Waals surface area contributed by atoms with Gasteiger partial charge in [-0.15, -0.1) is 0 Å². The molecule has 1 aliphatic carbocycles. The van der Waals surface area contributed by atoms with Gasteiger partial charge in [0.05, 0.1) is 12.7 Å². The summed E-state index contributed by atoms with van der Waals surface area (Å²) in [7, 11) is 1.52. The van der Waals surface area contributed by atoms with Crippen molar-refractivity contribution in [3.05, 3.63) is 29.6 Å². The van der Waals surface area contributed by atoms with Crippen LogP contribution in [0.4, 0.5) is 4.39 Å². The minimum Gasteiger partial charge on any atom is -0.493 e. The van der Waals surface area contributed by atoms with Gasteiger partial charge < -0.3 is 9.84 Å². The fourth-order valence-corrected chi connectivity index (χ4v) is 4.43. The fraction of sp³-hybridized carbons (Fsp3) is 0.667. The van der Waals surface area contributed by atoms with Gasteiger partial charge in [-0.05, 0) is 31.2 Å². The van der Waals surface area contributed by atoms with E-state index in [9.17, 15) is 9.50 Å². The number of aliphatic hydroxyl groups is 1. The number of hydrogen-bond acceptors (Lipinski definition) is 3. The van der Waals surface area contributed by atoms with Crippen molar-refractivity contribution in [3.8, 4) is 5.75 Å². The lowest BCUT2D eigenvalue weighted by molar-refractivity contribution is -0.0613. The lowest BCUT2D eigenvalue weighted by Gasteiger charge is -2.40. The van der Waals surface area contributed by atoms with E-state index in [0.717, 1.165) is 37.9 Å². The Kier molecular flexibility index (Phi) is 4.42. The number of rotatable bonds is 4. The van der Waals surface area contributed by atoms with E-state index in [1.165, 1.54) is 19.6 Å². The second-order valence-corrected chi connectivity index (χ2v) is 6.84. The Bertz CT molecular complexity index is 536. The average Bonchev–Trinajstić information content (AvgIpc) is 2.92. The molecular weight excluding hydrogens is 281 g/mol. The molecule has 0 unspecified atom stereocenters. The van der Waals surface area contributed by atoms with Crippen LogP contribution in [-0.4, -0.2) is 35.8 Å². The largest absolute Gasteiger partial charge is 0.493 e. The van der Waals surface area contributed by atoms with Crippen LogP contribution in [0.1, 0.15) is 38.2 Å². The Balaban J connectivity index is 1.75. The van der Waals surface area contributed by atoms with Crippen LogP contribution >= 0.6 is 0 Å². The van der Waals surface area contributed by atoms with E-state index >= 15 is 0 Å². The summed E-state index contributed by atoms with van der Waals surface area (Å²) >= 11 is 0. The van der Waals surface area contributed by atoms with E-state index in [1.807, 2.05) is 6.07 Å². The van der Waals surface area contributed by atoms with Crippen molar-refractivity contribution >= 4 is 0 Å². The third kappa shape index (κ3) is 2.74. The molecule has 0 radical (unpaired) electrons. The highest BCUT2D eigenvalue weighted by atomic mass is 19.1. The minimum atomic E-state index is -0.510. The van der Waals surface area contributed by atoms with E-state index in [4.69, 9.17) is 4.74 Å². The number of fused-ring (bicyclic) bond motifs is 1. The van der Waals surface area contributed by atoms with Crippen LogP contribution in [0, 0.1) is 17.7 Å². The van der Waals surface area contributed by atoms with Gasteiger partial charge in [-0.2, -0.15) is 0 Å². The Morgan fingerprint density at radius 1 is 1.41 bits per heavy atom. The Labute approximate surface area is 132 Å². The molecule has 2 fully saturated rings. The highest BCUT2D eigenvalue weighted by molar-refractivity contribution is 5.35. The summed E-state index contributed by atoms with van der Waals surface area (Å²) in [5, 5.41) is 10.9. The first kappa shape index (κ1) is 15.8. The number of methoxy groups -OCH3 is 1. The SMILES string of the molecule is CC[C@@]1(O)CCC[C@@H]2CN(Cc3cccc(F)c3OC)C[C@@H]21. The van der Waals surface area contributed by atoms with Crippen molar-refractivity contribution in [2.45, 2.75) is 44.8 Å². The number of benzene rings is 1. The minimum absolute atomic E-state index is 0.304. The number of hydrogen-bond donors (Lipinski definition) is 1. The van der Waals surface area contributed by atoms with Crippen LogP contribution in [0.25, 0.3) is 0 Å². The number of likely N-dealkylation sites (tertiary alicyclic amines) is 1. The van der Waals surface area contributed by atoms with Gasteiger partial charge >= 0.3 is 0 Å². The van der Waals surface area contributed by atoms with Crippen LogP contribution in [0.15, 0.2) is 18.2 Å². The van der Waals surface area contributed by atoms with Crippen LogP contribution in [-0.2, 0) is 6.54 Å². The summed E-state index contributed by atoms with van der Waals surface area (Å²) in [4.78, 5) is 2.35. The Morgan fingerprint density at radius 2 is 2.23 bits per heavy atom. The maximum Gasteiger partial charge on any atom is 0.165 e. The zero-order valence-electron chi connectivity index (χ0n) is 13.5. The molecule has 3 rings (SSSR count). The number of halogens is 1. The fourth-order valence-electron chi connectivity index (χ4n) is 4.43. The van der Waals surface area contributed by atoms with E-state index < -0.39 is 5.60 Å². The molecule has 1 N–H and O–H groups in total. The summed E-state index contributed by atoms with van der Waals surface area (Å²) in [6, 6.07) is 5.09. The molecule has 1 aliphatic heterocycles. The number of nitrogens with zero attached hydrogens (tertiary/aromatic N) is 1. The molecule has 122 valence electrons. The van der Waals surface area contributed by atoms with Crippen molar-refractivity contribution in [1.29, 1.82) is 0 Å². The zero-order valence-corrected chi connectivity index (χ0v) is 13.5. The standard InChI is InChI=1S/C18H26FNO2/c1-3-18(21)9-5-7-13-10-20(12-15(13)18)11-14-6-4-8-16(19)17(14)22-2/h4,6,8,13,15,21H,3,5,7,9-12H2,1-2H3/t13-,15+,18-/m1/s1. The van der Waals surface area contributed by atoms with Gasteiger partial charge in [0.15, 0.2) is 11.6 Å². The molecule has 0 spiro atoms. The Morgan fingerprint density at radius 3 is 2.95 bits per heavy atom. The van der Waals surface area contributed by atoms with Gasteiger partial charge in [0, 0.05) is 31.1 Å². The molecule has 4 heteroatoms. The molecule has 1 heterocycles. The van der Waals surface area contributed by atoms with E-state index in [1.54, 1.807) is 6.07 Å². The summed E-state index contributed by atoms with van der Waals surface area (Å²) in [5.41, 5.74) is 0.380. The van der Waals surface area contributed by atoms with Gasteiger partial charge in [-0.3, -0.25) is 4.90 Å². The number of para-hydroxylation sites is 1. The highest BCUT2D eigenvalue weighted by Crippen LogP contribution is 2.44. The highest BCUT2D eigenvalue weighted by Gasteiger charge is 2.47. The summed E-state index contributed by atoms with van der Waals surface area (Å²) < 4.78 is 19.0. The summed E-state index contributed by atoms with van der Waals surface area (Å²) in [6.45, 7) is 4.66. The first-order valence-corrected chi connectivity index (χ1v) is 8.33. The molecule has 0 aromatic heterocycles. The topological polar surface area (TPSA) is 32.7 Å². The smallest absolute Gasteiger partial charge is 0.165 e. The molecule has 2 aliphatic rings. The lowest BCUT2D eigenvalue weighted by atomic mass is 9.69. The molecule has 3 nitrogen and oxygen atoms in total. The predicted octanol–water partition coefficient (Wildman–Crippen LogP) is 3.21. The second-order valence-electron chi connectivity index (χ2n) is 6.84. The quantitative estimate of drug-likeness (QED) is 0.927. The van der Waals surface area contributed by atoms with Gasteiger partial charge in [0.2, 0.25) is 0 Å². The van der Waals surface area contributed by atoms with Crippen molar-refractivity contribution in [1.82, 2.24) is 4.90 Å². The van der Waals surface area contributed by atoms with Crippen molar-refractivity contribution in [2.75, 3.05) is 20.2 Å². The lowest BCUT2D eigenvalue weighted by Crippen LogP contribution is -2.44. The molecule has 3 atom stereocenters. The molecule has 1 saturated carbocycles. The van der Waals surface area contributed by atoms with Crippen LogP contribution in [0.2, 0.25) is 0 Å². The maximum absolute atomic E-state index is 13.8. The average molecular weight is 307 g/mol. The van der Waals surface area contributed by atoms with Crippen LogP contribution in [0.5, 0.6) is 5.75 Å². The van der Waals surface area contributed by atoms with Crippen LogP contribution in [0.3, 0.4) is 0 Å². The van der Waals surface area contributed by atoms with E-state index in [2.05, 4.69) is 11.8 Å². The molecular formula is C18H26FNO2. The Hall–Kier alpha value is -1.13. The normalized spacial score (nSPS) is 32.0. The first-order chi connectivity index (χ1) is 10.6. The van der Waals surface area contributed by atoms with Crippen molar-refractivity contribution < 1.29 is 14.2 Å². The third-order valence-electron chi connectivity index (χ3n) is 5.65. The molecule has 0 amide bonds. The maximum atomic E-state index is 13.8. The van der Waals surface area contributed by atoms with Gasteiger partial charge in [0.25, 0.3) is 0 Å². The van der Waals surface area contributed by atoms with E-state index in [-0.39, 0.29) is 5.82 Å². The predicted molar refractivity (Wildman–Crippen MR) is 84.3 cm³/mol. The monoisotopic (exact) mass is 307 g/mol. The number of ether oxygens (including phenoxy) is 1. The molecule has 0 bridgehead atoms. The van der Waals surface area contributed by atoms with Gasteiger partial charge in [-0.25, -0.2) is 4.39 Å². The molecule has 1 aromatic carbocycles. The van der Waals surface area contributed by atoms with Crippen LogP contribution < -0.4 is 4.74 Å². The van der Waals surface area contributed by atoms with Crippen molar-refractivity contribution in [2.24, 2.45) is 11.8 Å². The summed E-state index contributed by atoms with van der Waals surface area (Å²) in [5.74, 6) is 0.967. The molecule has 1 saturated heterocycles. The zero-order chi connectivity index (χ0) is 15.7. The molecule has 22 heavy (non-hydrogen) atoms. The summed E-state index contributed by atoms with van der Waals surface area (Å²) in [6.07, 6.45) is 4.06. The molecule has 1 aromatic rings. The van der Waals surface area contributed by atoms with Crippen molar-refractivity contribution in [3.63, 3.8) is 0 Å².